The average molecular weight is 483 g/mol. The van der Waals surface area contributed by atoms with Gasteiger partial charge in [0.15, 0.2) is 0 Å². The summed E-state index contributed by atoms with van der Waals surface area (Å²) in [4.78, 5) is 48.8. The van der Waals surface area contributed by atoms with Gasteiger partial charge < -0.3 is 15.2 Å². The second-order valence-electron chi connectivity index (χ2n) is 8.48. The fourth-order valence-corrected chi connectivity index (χ4v) is 6.56. The fourth-order valence-electron chi connectivity index (χ4n) is 4.47. The van der Waals surface area contributed by atoms with Gasteiger partial charge in [0.05, 0.1) is 11.1 Å². The number of anilines is 1. The molecule has 1 fully saturated rings. The predicted octanol–water partition coefficient (Wildman–Crippen LogP) is 3.97. The minimum Gasteiger partial charge on any atom is -0.339 e. The summed E-state index contributed by atoms with van der Waals surface area (Å²) in [5.74, 6) is 1.83. The Labute approximate surface area is 200 Å². The van der Waals surface area contributed by atoms with Gasteiger partial charge in [0, 0.05) is 41.4 Å². The lowest BCUT2D eigenvalue weighted by molar-refractivity contribution is -0.115. The molecule has 2 N–H and O–H groups in total. The number of aryl methyl sites for hydroxylation is 2. The smallest absolute Gasteiger partial charge is 0.259 e. The first-order valence-electron chi connectivity index (χ1n) is 11.4. The van der Waals surface area contributed by atoms with Gasteiger partial charge in [-0.15, -0.1) is 11.3 Å². The van der Waals surface area contributed by atoms with Crippen molar-refractivity contribution in [2.24, 2.45) is 0 Å². The molecular weight excluding hydrogens is 456 g/mol. The van der Waals surface area contributed by atoms with Crippen molar-refractivity contribution < 1.29 is 9.59 Å². The van der Waals surface area contributed by atoms with Crippen LogP contribution in [0.5, 0.6) is 0 Å². The number of aromatic nitrogens is 2. The molecule has 0 unspecified atom stereocenters. The zero-order chi connectivity index (χ0) is 22.8. The number of carbonyl (C=O) groups excluding carboxylic acids is 2. The van der Waals surface area contributed by atoms with Crippen molar-refractivity contribution >= 4 is 50.8 Å². The van der Waals surface area contributed by atoms with E-state index in [4.69, 9.17) is 0 Å². The van der Waals surface area contributed by atoms with Crippen molar-refractivity contribution in [2.45, 2.75) is 44.3 Å². The van der Waals surface area contributed by atoms with Crippen LogP contribution in [0.25, 0.3) is 10.2 Å². The van der Waals surface area contributed by atoms with Crippen LogP contribution in [0.4, 0.5) is 5.69 Å². The van der Waals surface area contributed by atoms with Crippen LogP contribution in [0.3, 0.4) is 0 Å². The third-order valence-corrected chi connectivity index (χ3v) is 8.30. The summed E-state index contributed by atoms with van der Waals surface area (Å²) in [5.41, 5.74) is 2.48. The molecule has 3 aromatic rings. The second kappa shape index (κ2) is 9.69. The predicted molar refractivity (Wildman–Crippen MR) is 133 cm³/mol. The molecular formula is C24H26N4O3S2. The van der Waals surface area contributed by atoms with Crippen molar-refractivity contribution in [2.75, 3.05) is 24.2 Å². The number of hydrogen-bond acceptors (Lipinski definition) is 6. The van der Waals surface area contributed by atoms with Gasteiger partial charge in [0.2, 0.25) is 5.91 Å². The third-order valence-electron chi connectivity index (χ3n) is 6.15. The van der Waals surface area contributed by atoms with E-state index in [-0.39, 0.29) is 17.4 Å². The largest absolute Gasteiger partial charge is 0.339 e. The number of aromatic amines is 1. The molecule has 0 saturated carbocycles. The molecule has 33 heavy (non-hydrogen) atoms. The summed E-state index contributed by atoms with van der Waals surface area (Å²) >= 11 is 3.22. The minimum atomic E-state index is -0.0762. The molecule has 7 nitrogen and oxygen atoms in total. The SMILES string of the molecule is O=C(CCSCc1nc2sc3c(c2c(=O)[nH]1)CCC3)Nc1ccc(C(=O)N2CCCC2)cc1. The van der Waals surface area contributed by atoms with Gasteiger partial charge in [0.1, 0.15) is 10.7 Å². The van der Waals surface area contributed by atoms with Gasteiger partial charge in [-0.3, -0.25) is 14.4 Å². The van der Waals surface area contributed by atoms with Gasteiger partial charge in [-0.1, -0.05) is 0 Å². The lowest BCUT2D eigenvalue weighted by Crippen LogP contribution is -2.27. The Balaban J connectivity index is 1.09. The molecule has 1 saturated heterocycles. The normalized spacial score (nSPS) is 15.2. The zero-order valence-corrected chi connectivity index (χ0v) is 19.9. The Bertz CT molecular complexity index is 1240. The first-order chi connectivity index (χ1) is 16.1. The lowest BCUT2D eigenvalue weighted by Gasteiger charge is -2.15. The molecule has 1 aromatic carbocycles. The van der Waals surface area contributed by atoms with Crippen molar-refractivity contribution in [1.29, 1.82) is 0 Å². The molecule has 172 valence electrons. The molecule has 0 spiro atoms. The number of thiophene rings is 1. The number of carbonyl (C=O) groups is 2. The Hall–Kier alpha value is -2.65. The van der Waals surface area contributed by atoms with Gasteiger partial charge in [-0.25, -0.2) is 4.98 Å². The molecule has 5 rings (SSSR count). The molecule has 2 aliphatic rings. The molecule has 0 atom stereocenters. The van der Waals surface area contributed by atoms with Crippen LogP contribution in [0.15, 0.2) is 29.1 Å². The van der Waals surface area contributed by atoms with Gasteiger partial charge in [-0.05, 0) is 61.9 Å². The highest BCUT2D eigenvalue weighted by atomic mass is 32.2. The van der Waals surface area contributed by atoms with Crippen LogP contribution in [0, 0.1) is 0 Å². The van der Waals surface area contributed by atoms with Crippen molar-refractivity contribution in [3.63, 3.8) is 0 Å². The molecule has 2 amide bonds. The number of likely N-dealkylation sites (tertiary alicyclic amines) is 1. The van der Waals surface area contributed by atoms with Crippen LogP contribution >= 0.6 is 23.1 Å². The monoisotopic (exact) mass is 482 g/mol. The highest BCUT2D eigenvalue weighted by molar-refractivity contribution is 7.98. The summed E-state index contributed by atoms with van der Waals surface area (Å²) in [6.45, 7) is 1.64. The molecule has 1 aliphatic heterocycles. The van der Waals surface area contributed by atoms with E-state index in [2.05, 4.69) is 15.3 Å². The highest BCUT2D eigenvalue weighted by Crippen LogP contribution is 2.34. The third kappa shape index (κ3) is 4.84. The lowest BCUT2D eigenvalue weighted by atomic mass is 10.2. The number of thioether (sulfide) groups is 1. The Morgan fingerprint density at radius 2 is 1.91 bits per heavy atom. The summed E-state index contributed by atoms with van der Waals surface area (Å²) in [6, 6.07) is 7.08. The van der Waals surface area contributed by atoms with E-state index in [1.165, 1.54) is 10.4 Å². The first kappa shape index (κ1) is 22.2. The van der Waals surface area contributed by atoms with Crippen LogP contribution in [-0.2, 0) is 23.4 Å². The first-order valence-corrected chi connectivity index (χ1v) is 13.4. The molecule has 2 aromatic heterocycles. The van der Waals surface area contributed by atoms with E-state index in [0.29, 0.717) is 35.0 Å². The summed E-state index contributed by atoms with van der Waals surface area (Å²) in [5, 5.41) is 3.65. The Morgan fingerprint density at radius 3 is 2.70 bits per heavy atom. The average Bonchev–Trinajstić information content (AvgIpc) is 3.54. The van der Waals surface area contributed by atoms with Crippen molar-refractivity contribution in [3.8, 4) is 0 Å². The van der Waals surface area contributed by atoms with Gasteiger partial charge in [0.25, 0.3) is 11.5 Å². The number of hydrogen-bond donors (Lipinski definition) is 2. The number of amides is 2. The Morgan fingerprint density at radius 1 is 1.12 bits per heavy atom. The summed E-state index contributed by atoms with van der Waals surface area (Å²) in [6.07, 6.45) is 5.63. The highest BCUT2D eigenvalue weighted by Gasteiger charge is 2.21. The minimum absolute atomic E-state index is 0.0422. The molecule has 9 heteroatoms. The number of nitrogens with zero attached hydrogens (tertiary/aromatic N) is 2. The molecule has 3 heterocycles. The van der Waals surface area contributed by atoms with Gasteiger partial charge in [-0.2, -0.15) is 11.8 Å². The van der Waals surface area contributed by atoms with E-state index in [9.17, 15) is 14.4 Å². The van der Waals surface area contributed by atoms with Crippen molar-refractivity contribution in [1.82, 2.24) is 14.9 Å². The molecule has 1 aliphatic carbocycles. The number of fused-ring (bicyclic) bond motifs is 3. The van der Waals surface area contributed by atoms with E-state index < -0.39 is 0 Å². The number of nitrogens with one attached hydrogen (secondary N) is 2. The van der Waals surface area contributed by atoms with Crippen LogP contribution in [-0.4, -0.2) is 45.5 Å². The van der Waals surface area contributed by atoms with E-state index >= 15 is 0 Å². The van der Waals surface area contributed by atoms with E-state index in [1.807, 2.05) is 4.90 Å². The van der Waals surface area contributed by atoms with Gasteiger partial charge >= 0.3 is 0 Å². The summed E-state index contributed by atoms with van der Waals surface area (Å²) < 4.78 is 0. The zero-order valence-electron chi connectivity index (χ0n) is 18.3. The quantitative estimate of drug-likeness (QED) is 0.497. The van der Waals surface area contributed by atoms with Crippen LogP contribution < -0.4 is 10.9 Å². The number of benzene rings is 1. The van der Waals surface area contributed by atoms with Crippen LogP contribution in [0.2, 0.25) is 0 Å². The topological polar surface area (TPSA) is 95.2 Å². The Kier molecular flexibility index (Phi) is 6.50. The van der Waals surface area contributed by atoms with E-state index in [1.54, 1.807) is 47.4 Å². The van der Waals surface area contributed by atoms with Crippen molar-refractivity contribution in [3.05, 3.63) is 56.4 Å². The van der Waals surface area contributed by atoms with Crippen LogP contribution in [0.1, 0.15) is 52.3 Å². The maximum atomic E-state index is 12.5. The molecule has 0 radical (unpaired) electrons. The number of rotatable bonds is 7. The fraction of sp³-hybridized carbons (Fsp3) is 0.417. The maximum Gasteiger partial charge on any atom is 0.259 e. The maximum absolute atomic E-state index is 12.5. The second-order valence-corrected chi connectivity index (χ2v) is 10.7. The number of H-pyrrole nitrogens is 1. The summed E-state index contributed by atoms with van der Waals surface area (Å²) in [7, 11) is 0. The van der Waals surface area contributed by atoms with E-state index in [0.717, 1.165) is 55.4 Å². The standard InChI is InChI=1S/C24H26N4O3S2/c29-20(25-16-8-6-15(7-9-16)24(31)28-11-1-2-12-28)10-13-32-14-19-26-22(30)21-17-4-3-5-18(17)33-23(21)27-19/h6-9H,1-5,10-14H2,(H,25,29)(H,26,27,30). The molecule has 0 bridgehead atoms.